The van der Waals surface area contributed by atoms with Crippen molar-refractivity contribution in [3.05, 3.63) is 64.9 Å². The number of carbonyl (C=O) groups is 1. The highest BCUT2D eigenvalue weighted by Crippen LogP contribution is 2.21. The van der Waals surface area contributed by atoms with Crippen LogP contribution in [0.5, 0.6) is 0 Å². The molecule has 0 heterocycles. The highest BCUT2D eigenvalue weighted by Gasteiger charge is 2.24. The van der Waals surface area contributed by atoms with Crippen LogP contribution in [0, 0.1) is 5.82 Å². The number of hydrogen-bond donors (Lipinski definition) is 0. The number of amides is 1. The Hall–Kier alpha value is -2.12. The minimum atomic E-state index is -3.82. The van der Waals surface area contributed by atoms with Crippen molar-refractivity contribution >= 4 is 33.2 Å². The fraction of sp³-hybridized carbons (Fsp3) is 0.235. The number of anilines is 1. The number of sulfonamides is 1. The van der Waals surface area contributed by atoms with Crippen molar-refractivity contribution < 1.29 is 17.6 Å². The summed E-state index contributed by atoms with van der Waals surface area (Å²) >= 11 is 5.82. The quantitative estimate of drug-likeness (QED) is 0.769. The highest BCUT2D eigenvalue weighted by molar-refractivity contribution is 7.92. The minimum Gasteiger partial charge on any atom is -0.340 e. The molecule has 2 aromatic carbocycles. The van der Waals surface area contributed by atoms with Crippen LogP contribution in [0.1, 0.15) is 5.56 Å². The molecule has 0 saturated heterocycles. The Morgan fingerprint density at radius 2 is 1.72 bits per heavy atom. The van der Waals surface area contributed by atoms with Gasteiger partial charge in [-0.15, -0.1) is 0 Å². The Morgan fingerprint density at radius 3 is 2.28 bits per heavy atom. The molecule has 0 radical (unpaired) electrons. The first-order valence-electron chi connectivity index (χ1n) is 7.39. The van der Waals surface area contributed by atoms with E-state index < -0.39 is 28.3 Å². The van der Waals surface area contributed by atoms with Crippen LogP contribution in [0.15, 0.2) is 48.5 Å². The van der Waals surface area contributed by atoms with Gasteiger partial charge in [-0.05, 0) is 29.8 Å². The molecule has 0 fully saturated rings. The van der Waals surface area contributed by atoms with Gasteiger partial charge in [0.1, 0.15) is 12.4 Å². The standard InChI is InChI=1S/C17H18ClFN2O3S/c1-20(11-13-7-9-14(18)10-8-13)17(22)12-21(25(2,23)24)16-6-4-3-5-15(16)19/h3-10H,11-12H2,1-2H3. The summed E-state index contributed by atoms with van der Waals surface area (Å²) in [5.41, 5.74) is 0.690. The first-order chi connectivity index (χ1) is 11.7. The molecule has 0 saturated carbocycles. The van der Waals surface area contributed by atoms with E-state index >= 15 is 0 Å². The molecule has 25 heavy (non-hydrogen) atoms. The van der Waals surface area contributed by atoms with Crippen LogP contribution in [-0.4, -0.2) is 39.1 Å². The van der Waals surface area contributed by atoms with Crippen LogP contribution in [0.2, 0.25) is 5.02 Å². The first-order valence-corrected chi connectivity index (χ1v) is 9.62. The molecular weight excluding hydrogens is 367 g/mol. The van der Waals surface area contributed by atoms with Gasteiger partial charge < -0.3 is 4.90 Å². The smallest absolute Gasteiger partial charge is 0.243 e. The predicted octanol–water partition coefficient (Wildman–Crippen LogP) is 2.90. The lowest BCUT2D eigenvalue weighted by Gasteiger charge is -2.25. The van der Waals surface area contributed by atoms with E-state index in [4.69, 9.17) is 11.6 Å². The normalized spacial score (nSPS) is 11.2. The van der Waals surface area contributed by atoms with Crippen LogP contribution in [-0.2, 0) is 21.4 Å². The van der Waals surface area contributed by atoms with Crippen molar-refractivity contribution in [2.24, 2.45) is 0 Å². The van der Waals surface area contributed by atoms with Gasteiger partial charge in [-0.3, -0.25) is 9.10 Å². The molecule has 134 valence electrons. The average molecular weight is 385 g/mol. The Kier molecular flexibility index (Phi) is 6.02. The number of carbonyl (C=O) groups excluding carboxylic acids is 1. The maximum Gasteiger partial charge on any atom is 0.243 e. The summed E-state index contributed by atoms with van der Waals surface area (Å²) in [6.07, 6.45) is 0.936. The molecular formula is C17H18ClFN2O3S. The summed E-state index contributed by atoms with van der Waals surface area (Å²) in [5, 5.41) is 0.584. The van der Waals surface area contributed by atoms with Gasteiger partial charge in [0.05, 0.1) is 11.9 Å². The van der Waals surface area contributed by atoms with Crippen LogP contribution in [0.4, 0.5) is 10.1 Å². The zero-order chi connectivity index (χ0) is 18.6. The zero-order valence-corrected chi connectivity index (χ0v) is 15.4. The van der Waals surface area contributed by atoms with Crippen molar-refractivity contribution in [3.63, 3.8) is 0 Å². The molecule has 2 aromatic rings. The lowest BCUT2D eigenvalue weighted by atomic mass is 10.2. The number of halogens is 2. The van der Waals surface area contributed by atoms with Gasteiger partial charge in [0.15, 0.2) is 0 Å². The summed E-state index contributed by atoms with van der Waals surface area (Å²) < 4.78 is 38.8. The molecule has 1 amide bonds. The number of para-hydroxylation sites is 1. The lowest BCUT2D eigenvalue weighted by Crippen LogP contribution is -2.41. The second kappa shape index (κ2) is 7.84. The first kappa shape index (κ1) is 19.2. The van der Waals surface area contributed by atoms with E-state index in [-0.39, 0.29) is 12.2 Å². The Morgan fingerprint density at radius 1 is 1.12 bits per heavy atom. The topological polar surface area (TPSA) is 57.7 Å². The van der Waals surface area contributed by atoms with E-state index in [9.17, 15) is 17.6 Å². The van der Waals surface area contributed by atoms with Gasteiger partial charge in [-0.25, -0.2) is 12.8 Å². The van der Waals surface area contributed by atoms with Gasteiger partial charge in [0, 0.05) is 18.6 Å². The molecule has 0 aliphatic rings. The summed E-state index contributed by atoms with van der Waals surface area (Å²) in [4.78, 5) is 13.8. The maximum atomic E-state index is 14.0. The summed E-state index contributed by atoms with van der Waals surface area (Å²) in [6, 6.07) is 12.4. The highest BCUT2D eigenvalue weighted by atomic mass is 35.5. The second-order valence-electron chi connectivity index (χ2n) is 5.60. The minimum absolute atomic E-state index is 0.154. The van der Waals surface area contributed by atoms with Gasteiger partial charge in [0.2, 0.25) is 15.9 Å². The number of benzene rings is 2. The summed E-state index contributed by atoms with van der Waals surface area (Å²) in [6.45, 7) is -0.200. The molecule has 0 aliphatic heterocycles. The van der Waals surface area contributed by atoms with Crippen LogP contribution < -0.4 is 4.31 Å². The predicted molar refractivity (Wildman–Crippen MR) is 96.5 cm³/mol. The van der Waals surface area contributed by atoms with Gasteiger partial charge in [-0.1, -0.05) is 35.9 Å². The number of hydrogen-bond acceptors (Lipinski definition) is 3. The van der Waals surface area contributed by atoms with E-state index in [1.54, 1.807) is 31.3 Å². The van der Waals surface area contributed by atoms with Crippen molar-refractivity contribution in [3.8, 4) is 0 Å². The van der Waals surface area contributed by atoms with Crippen LogP contribution in [0.25, 0.3) is 0 Å². The van der Waals surface area contributed by atoms with Crippen molar-refractivity contribution in [2.45, 2.75) is 6.54 Å². The Bertz CT molecular complexity index is 856. The summed E-state index contributed by atoms with van der Waals surface area (Å²) in [5.74, 6) is -1.16. The average Bonchev–Trinajstić information content (AvgIpc) is 2.54. The van der Waals surface area contributed by atoms with E-state index in [1.165, 1.54) is 23.1 Å². The number of likely N-dealkylation sites (N-methyl/N-ethyl adjacent to an activating group) is 1. The van der Waals surface area contributed by atoms with E-state index in [2.05, 4.69) is 0 Å². The molecule has 2 rings (SSSR count). The Labute approximate surface area is 151 Å². The van der Waals surface area contributed by atoms with E-state index in [0.29, 0.717) is 5.02 Å². The molecule has 8 heteroatoms. The van der Waals surface area contributed by atoms with Gasteiger partial charge in [0.25, 0.3) is 0 Å². The number of rotatable bonds is 6. The lowest BCUT2D eigenvalue weighted by molar-refractivity contribution is -0.128. The molecule has 0 aliphatic carbocycles. The number of nitrogens with zero attached hydrogens (tertiary/aromatic N) is 2. The van der Waals surface area contributed by atoms with Gasteiger partial charge in [-0.2, -0.15) is 0 Å². The van der Waals surface area contributed by atoms with Crippen molar-refractivity contribution in [2.75, 3.05) is 24.2 Å². The van der Waals surface area contributed by atoms with Gasteiger partial charge >= 0.3 is 0 Å². The fourth-order valence-corrected chi connectivity index (χ4v) is 3.21. The summed E-state index contributed by atoms with van der Waals surface area (Å²) in [7, 11) is -2.26. The maximum absolute atomic E-state index is 14.0. The SMILES string of the molecule is CN(Cc1ccc(Cl)cc1)C(=O)CN(c1ccccc1F)S(C)(=O)=O. The molecule has 0 atom stereocenters. The fourth-order valence-electron chi connectivity index (χ4n) is 2.23. The molecule has 0 bridgehead atoms. The largest absolute Gasteiger partial charge is 0.340 e. The second-order valence-corrected chi connectivity index (χ2v) is 7.94. The van der Waals surface area contributed by atoms with Crippen LogP contribution in [0.3, 0.4) is 0 Å². The molecule has 0 aromatic heterocycles. The van der Waals surface area contributed by atoms with Crippen molar-refractivity contribution in [1.82, 2.24) is 4.90 Å². The third-order valence-electron chi connectivity index (χ3n) is 3.56. The van der Waals surface area contributed by atoms with E-state index in [1.807, 2.05) is 0 Å². The van der Waals surface area contributed by atoms with Crippen molar-refractivity contribution in [1.29, 1.82) is 0 Å². The molecule has 0 N–H and O–H groups in total. The monoisotopic (exact) mass is 384 g/mol. The molecule has 0 spiro atoms. The van der Waals surface area contributed by atoms with Crippen LogP contribution >= 0.6 is 11.6 Å². The molecule has 5 nitrogen and oxygen atoms in total. The Balaban J connectivity index is 2.17. The zero-order valence-electron chi connectivity index (χ0n) is 13.8. The third kappa shape index (κ3) is 5.17. The third-order valence-corrected chi connectivity index (χ3v) is 4.94. The molecule has 0 unspecified atom stereocenters. The van der Waals surface area contributed by atoms with E-state index in [0.717, 1.165) is 22.2 Å².